The zero-order valence-corrected chi connectivity index (χ0v) is 24.1. The van der Waals surface area contributed by atoms with E-state index in [4.69, 9.17) is 9.47 Å². The standard InChI is InChI=1S/C33H52NO3/c1-5-6-7-8-9-10-11-12-14-18-30-21-17-22-32(27-30)36-25-26-37-33(35)29(2)23-24-34(3,4)28-31-19-15-13-16-20-31/h13,15-17,19-22,27,29H,5-12,14,18,23-26,28H2,1-4H3/q+1. The summed E-state index contributed by atoms with van der Waals surface area (Å²) >= 11 is 0. The van der Waals surface area contributed by atoms with Gasteiger partial charge in [-0.3, -0.25) is 4.79 Å². The number of hydrogen-bond acceptors (Lipinski definition) is 3. The van der Waals surface area contributed by atoms with Crippen LogP contribution in [0.5, 0.6) is 5.75 Å². The number of quaternary nitrogens is 1. The molecule has 0 saturated carbocycles. The molecule has 0 spiro atoms. The van der Waals surface area contributed by atoms with Crippen LogP contribution >= 0.6 is 0 Å². The average Bonchev–Trinajstić information content (AvgIpc) is 2.89. The molecule has 0 aliphatic heterocycles. The van der Waals surface area contributed by atoms with Gasteiger partial charge in [0, 0.05) is 12.0 Å². The van der Waals surface area contributed by atoms with Gasteiger partial charge in [0.1, 0.15) is 25.5 Å². The van der Waals surface area contributed by atoms with Crippen molar-refractivity contribution in [3.63, 3.8) is 0 Å². The Hall–Kier alpha value is -2.33. The zero-order valence-electron chi connectivity index (χ0n) is 24.1. The van der Waals surface area contributed by atoms with Crippen molar-refractivity contribution in [2.24, 2.45) is 5.92 Å². The molecule has 4 nitrogen and oxygen atoms in total. The Bertz CT molecular complexity index is 865. The number of nitrogens with zero attached hydrogens (tertiary/aromatic N) is 1. The molecule has 0 bridgehead atoms. The molecule has 1 atom stereocenters. The highest BCUT2D eigenvalue weighted by molar-refractivity contribution is 5.71. The molecule has 0 aromatic heterocycles. The first kappa shape index (κ1) is 30.9. The second kappa shape index (κ2) is 18.0. The SMILES string of the molecule is CCCCCCCCCCCc1cccc(OCCOC(=O)C(C)CC[N+](C)(C)Cc2ccccc2)c1. The van der Waals surface area contributed by atoms with Crippen LogP contribution in [0.1, 0.15) is 89.2 Å². The summed E-state index contributed by atoms with van der Waals surface area (Å²) in [5.41, 5.74) is 2.64. The van der Waals surface area contributed by atoms with E-state index in [2.05, 4.69) is 63.5 Å². The third-order valence-electron chi connectivity index (χ3n) is 7.09. The fourth-order valence-electron chi connectivity index (χ4n) is 4.69. The lowest BCUT2D eigenvalue weighted by Crippen LogP contribution is -2.40. The molecule has 0 N–H and O–H groups in total. The van der Waals surface area contributed by atoms with E-state index in [1.54, 1.807) is 0 Å². The molecule has 1 unspecified atom stereocenters. The molecule has 2 rings (SSSR count). The van der Waals surface area contributed by atoms with Crippen LogP contribution in [0.3, 0.4) is 0 Å². The van der Waals surface area contributed by atoms with Crippen molar-refractivity contribution in [2.45, 2.75) is 91.0 Å². The summed E-state index contributed by atoms with van der Waals surface area (Å²) in [4.78, 5) is 12.5. The normalized spacial score (nSPS) is 12.3. The van der Waals surface area contributed by atoms with Crippen LogP contribution in [-0.4, -0.2) is 44.3 Å². The fraction of sp³-hybridized carbons (Fsp3) is 0.606. The van der Waals surface area contributed by atoms with Crippen molar-refractivity contribution in [3.05, 3.63) is 65.7 Å². The monoisotopic (exact) mass is 510 g/mol. The van der Waals surface area contributed by atoms with Gasteiger partial charge in [-0.2, -0.15) is 0 Å². The molecule has 2 aromatic rings. The summed E-state index contributed by atoms with van der Waals surface area (Å²) in [5.74, 6) is 0.604. The first-order valence-electron chi connectivity index (χ1n) is 14.6. The molecule has 0 aliphatic rings. The third-order valence-corrected chi connectivity index (χ3v) is 7.09. The molecular formula is C33H52NO3+. The molecular weight excluding hydrogens is 458 g/mol. The number of rotatable bonds is 20. The van der Waals surface area contributed by atoms with Gasteiger partial charge < -0.3 is 14.0 Å². The van der Waals surface area contributed by atoms with E-state index >= 15 is 0 Å². The van der Waals surface area contributed by atoms with Crippen LogP contribution in [0, 0.1) is 5.92 Å². The molecule has 0 amide bonds. The fourth-order valence-corrected chi connectivity index (χ4v) is 4.69. The van der Waals surface area contributed by atoms with Gasteiger partial charge in [0.05, 0.1) is 26.6 Å². The number of hydrogen-bond donors (Lipinski definition) is 0. The highest BCUT2D eigenvalue weighted by atomic mass is 16.6. The van der Waals surface area contributed by atoms with Crippen LogP contribution in [0.25, 0.3) is 0 Å². The molecule has 0 aliphatic carbocycles. The summed E-state index contributed by atoms with van der Waals surface area (Å²) < 4.78 is 12.2. The van der Waals surface area contributed by atoms with Crippen molar-refractivity contribution in [3.8, 4) is 5.75 Å². The van der Waals surface area contributed by atoms with Gasteiger partial charge in [0.25, 0.3) is 0 Å². The van der Waals surface area contributed by atoms with Gasteiger partial charge in [0.15, 0.2) is 0 Å². The molecule has 0 saturated heterocycles. The lowest BCUT2D eigenvalue weighted by molar-refractivity contribution is -0.904. The molecule has 2 aromatic carbocycles. The Balaban J connectivity index is 1.57. The van der Waals surface area contributed by atoms with E-state index in [0.29, 0.717) is 6.61 Å². The Morgan fingerprint density at radius 3 is 2.16 bits per heavy atom. The van der Waals surface area contributed by atoms with Gasteiger partial charge in [-0.1, -0.05) is 108 Å². The number of carbonyl (C=O) groups excluding carboxylic acids is 1. The molecule has 37 heavy (non-hydrogen) atoms. The van der Waals surface area contributed by atoms with Gasteiger partial charge in [0.2, 0.25) is 0 Å². The highest BCUT2D eigenvalue weighted by Gasteiger charge is 2.21. The lowest BCUT2D eigenvalue weighted by Gasteiger charge is -2.30. The van der Waals surface area contributed by atoms with E-state index in [1.165, 1.54) is 68.9 Å². The Morgan fingerprint density at radius 2 is 1.46 bits per heavy atom. The minimum atomic E-state index is -0.137. The van der Waals surface area contributed by atoms with Crippen LogP contribution in [-0.2, 0) is 22.5 Å². The second-order valence-electron chi connectivity index (χ2n) is 11.2. The number of ether oxygens (including phenoxy) is 2. The van der Waals surface area contributed by atoms with E-state index < -0.39 is 0 Å². The molecule has 0 fully saturated rings. The van der Waals surface area contributed by atoms with E-state index in [-0.39, 0.29) is 18.5 Å². The summed E-state index contributed by atoms with van der Waals surface area (Å²) in [6, 6.07) is 18.9. The van der Waals surface area contributed by atoms with Gasteiger partial charge in [-0.05, 0) is 30.5 Å². The highest BCUT2D eigenvalue weighted by Crippen LogP contribution is 2.17. The quantitative estimate of drug-likeness (QED) is 0.103. The van der Waals surface area contributed by atoms with Gasteiger partial charge >= 0.3 is 5.97 Å². The second-order valence-corrected chi connectivity index (χ2v) is 11.2. The number of carbonyl (C=O) groups is 1. The predicted octanol–water partition coefficient (Wildman–Crippen LogP) is 7.98. The molecule has 0 radical (unpaired) electrons. The number of aryl methyl sites for hydroxylation is 1. The Kier molecular flexibility index (Phi) is 15.0. The van der Waals surface area contributed by atoms with Crippen LogP contribution < -0.4 is 4.74 Å². The molecule has 4 heteroatoms. The Labute approximate surface area is 227 Å². The van der Waals surface area contributed by atoms with Crippen LogP contribution in [0.4, 0.5) is 0 Å². The van der Waals surface area contributed by atoms with E-state index in [9.17, 15) is 4.79 Å². The third kappa shape index (κ3) is 14.3. The zero-order chi connectivity index (χ0) is 26.8. The summed E-state index contributed by atoms with van der Waals surface area (Å²) in [6.07, 6.45) is 14.0. The van der Waals surface area contributed by atoms with Crippen LogP contribution in [0.2, 0.25) is 0 Å². The molecule has 206 valence electrons. The predicted molar refractivity (Wildman–Crippen MR) is 155 cm³/mol. The van der Waals surface area contributed by atoms with Crippen molar-refractivity contribution >= 4 is 5.97 Å². The maximum atomic E-state index is 12.5. The first-order valence-corrected chi connectivity index (χ1v) is 14.6. The van der Waals surface area contributed by atoms with Crippen molar-refractivity contribution in [2.75, 3.05) is 33.9 Å². The number of benzene rings is 2. The lowest BCUT2D eigenvalue weighted by atomic mass is 10.0. The topological polar surface area (TPSA) is 35.5 Å². The number of unbranched alkanes of at least 4 members (excludes halogenated alkanes) is 8. The Morgan fingerprint density at radius 1 is 0.811 bits per heavy atom. The molecule has 0 heterocycles. The number of esters is 1. The smallest absolute Gasteiger partial charge is 0.308 e. The van der Waals surface area contributed by atoms with E-state index in [1.807, 2.05) is 19.1 Å². The van der Waals surface area contributed by atoms with Crippen molar-refractivity contribution in [1.82, 2.24) is 0 Å². The van der Waals surface area contributed by atoms with E-state index in [0.717, 1.165) is 36.2 Å². The largest absolute Gasteiger partial charge is 0.490 e. The van der Waals surface area contributed by atoms with Gasteiger partial charge in [-0.15, -0.1) is 0 Å². The van der Waals surface area contributed by atoms with Crippen molar-refractivity contribution in [1.29, 1.82) is 0 Å². The van der Waals surface area contributed by atoms with Gasteiger partial charge in [-0.25, -0.2) is 0 Å². The average molecular weight is 511 g/mol. The maximum absolute atomic E-state index is 12.5. The summed E-state index contributed by atoms with van der Waals surface area (Å²) in [6.45, 7) is 6.78. The minimum Gasteiger partial charge on any atom is -0.490 e. The van der Waals surface area contributed by atoms with Crippen LogP contribution in [0.15, 0.2) is 54.6 Å². The maximum Gasteiger partial charge on any atom is 0.308 e. The van der Waals surface area contributed by atoms with Crippen molar-refractivity contribution < 1.29 is 18.8 Å². The summed E-state index contributed by atoms with van der Waals surface area (Å²) in [7, 11) is 4.42. The first-order chi connectivity index (χ1) is 17.9. The summed E-state index contributed by atoms with van der Waals surface area (Å²) in [5, 5.41) is 0. The minimum absolute atomic E-state index is 0.118.